The third kappa shape index (κ3) is 3.27. The van der Waals surface area contributed by atoms with Crippen molar-refractivity contribution in [3.63, 3.8) is 0 Å². The van der Waals surface area contributed by atoms with Crippen molar-refractivity contribution in [2.24, 2.45) is 0 Å². The molecule has 0 atom stereocenters. The molecule has 0 aliphatic heterocycles. The number of aromatic nitrogens is 3. The minimum atomic E-state index is -1.19. The van der Waals surface area contributed by atoms with E-state index in [1.54, 1.807) is 6.92 Å². The van der Waals surface area contributed by atoms with Crippen molar-refractivity contribution in [1.29, 1.82) is 0 Å². The van der Waals surface area contributed by atoms with Gasteiger partial charge in [0, 0.05) is 6.92 Å². The summed E-state index contributed by atoms with van der Waals surface area (Å²) in [6, 6.07) is 0. The highest BCUT2D eigenvalue weighted by Crippen LogP contribution is 2.06. The Hall–Kier alpha value is -2.45. The number of carbonyl (C=O) groups is 3. The summed E-state index contributed by atoms with van der Waals surface area (Å²) in [5.74, 6) is -2.13. The summed E-state index contributed by atoms with van der Waals surface area (Å²) in [6.07, 6.45) is 0.377. The van der Waals surface area contributed by atoms with Crippen LogP contribution >= 0.6 is 0 Å². The van der Waals surface area contributed by atoms with Gasteiger partial charge >= 0.3 is 5.97 Å². The number of amides is 2. The summed E-state index contributed by atoms with van der Waals surface area (Å²) in [5, 5.41) is 15.9. The van der Waals surface area contributed by atoms with Crippen molar-refractivity contribution in [2.75, 3.05) is 0 Å². The topological polar surface area (TPSA) is 126 Å². The van der Waals surface area contributed by atoms with E-state index < -0.39 is 17.8 Å². The Morgan fingerprint density at radius 1 is 1.33 bits per heavy atom. The lowest BCUT2D eigenvalue weighted by atomic mass is 10.2. The maximum Gasteiger partial charge on any atom is 0.358 e. The van der Waals surface area contributed by atoms with Gasteiger partial charge in [-0.15, -0.1) is 5.10 Å². The van der Waals surface area contributed by atoms with E-state index in [0.29, 0.717) is 12.1 Å². The lowest BCUT2D eigenvalue weighted by molar-refractivity contribution is -0.128. The molecule has 1 aromatic heterocycles. The molecule has 0 saturated heterocycles. The number of rotatable bonds is 4. The fraction of sp³-hybridized carbons (Fsp3) is 0.444. The lowest BCUT2D eigenvalue weighted by Gasteiger charge is -2.06. The van der Waals surface area contributed by atoms with Crippen LogP contribution < -0.4 is 10.9 Å². The Labute approximate surface area is 102 Å². The van der Waals surface area contributed by atoms with Crippen LogP contribution in [0.25, 0.3) is 0 Å². The maximum absolute atomic E-state index is 11.4. The SMILES string of the molecule is CCc1c(C(=O)O)nnn1CC(=O)NNC(C)=O. The van der Waals surface area contributed by atoms with E-state index in [9.17, 15) is 14.4 Å². The molecule has 1 aromatic rings. The highest BCUT2D eigenvalue weighted by Gasteiger charge is 2.18. The predicted octanol–water partition coefficient (Wildman–Crippen LogP) is -1.29. The molecule has 0 aromatic carbocycles. The molecule has 0 unspecified atom stereocenters. The first-order valence-corrected chi connectivity index (χ1v) is 5.16. The summed E-state index contributed by atoms with van der Waals surface area (Å²) < 4.78 is 1.18. The average Bonchev–Trinajstić information content (AvgIpc) is 2.69. The van der Waals surface area contributed by atoms with Crippen LogP contribution in [0.2, 0.25) is 0 Å². The number of hydrazine groups is 1. The molecule has 0 radical (unpaired) electrons. The smallest absolute Gasteiger partial charge is 0.358 e. The number of nitrogens with zero attached hydrogens (tertiary/aromatic N) is 3. The van der Waals surface area contributed by atoms with Crippen LogP contribution in [0.15, 0.2) is 0 Å². The van der Waals surface area contributed by atoms with Gasteiger partial charge in [0.2, 0.25) is 5.91 Å². The van der Waals surface area contributed by atoms with Gasteiger partial charge in [-0.3, -0.25) is 20.4 Å². The van der Waals surface area contributed by atoms with Crippen LogP contribution in [0.4, 0.5) is 0 Å². The fourth-order valence-electron chi connectivity index (χ4n) is 1.31. The number of hydrogen-bond donors (Lipinski definition) is 3. The minimum absolute atomic E-state index is 0.176. The molecule has 1 heterocycles. The van der Waals surface area contributed by atoms with Crippen molar-refractivity contribution in [2.45, 2.75) is 26.8 Å². The standard InChI is InChI=1S/C9H13N5O4/c1-3-6-8(9(17)18)12-13-14(6)4-7(16)11-10-5(2)15/h3-4H2,1-2H3,(H,10,15)(H,11,16)(H,17,18). The van der Waals surface area contributed by atoms with Crippen LogP contribution in [-0.2, 0) is 22.6 Å². The number of aromatic carboxylic acids is 1. The molecule has 9 nitrogen and oxygen atoms in total. The minimum Gasteiger partial charge on any atom is -0.476 e. The van der Waals surface area contributed by atoms with Crippen molar-refractivity contribution in [1.82, 2.24) is 25.8 Å². The summed E-state index contributed by atoms with van der Waals surface area (Å²) >= 11 is 0. The highest BCUT2D eigenvalue weighted by atomic mass is 16.4. The predicted molar refractivity (Wildman–Crippen MR) is 58.3 cm³/mol. The molecule has 0 aliphatic rings. The number of carboxylic acid groups (broad SMARTS) is 1. The molecular weight excluding hydrogens is 242 g/mol. The lowest BCUT2D eigenvalue weighted by Crippen LogP contribution is -2.42. The zero-order valence-corrected chi connectivity index (χ0v) is 9.93. The fourth-order valence-corrected chi connectivity index (χ4v) is 1.31. The van der Waals surface area contributed by atoms with E-state index in [0.717, 1.165) is 0 Å². The van der Waals surface area contributed by atoms with Crippen LogP contribution in [0.1, 0.15) is 30.0 Å². The van der Waals surface area contributed by atoms with Crippen molar-refractivity contribution in [3.8, 4) is 0 Å². The quantitative estimate of drug-likeness (QED) is 0.574. The van der Waals surface area contributed by atoms with Crippen molar-refractivity contribution >= 4 is 17.8 Å². The summed E-state index contributed by atoms with van der Waals surface area (Å²) in [6.45, 7) is 2.76. The second-order valence-electron chi connectivity index (χ2n) is 3.43. The molecular formula is C9H13N5O4. The van der Waals surface area contributed by atoms with Crippen LogP contribution in [0.3, 0.4) is 0 Å². The number of carbonyl (C=O) groups excluding carboxylic acids is 2. The van der Waals surface area contributed by atoms with Crippen LogP contribution in [-0.4, -0.2) is 37.9 Å². The van der Waals surface area contributed by atoms with Crippen molar-refractivity contribution in [3.05, 3.63) is 11.4 Å². The molecule has 0 fully saturated rings. The molecule has 0 spiro atoms. The van der Waals surface area contributed by atoms with E-state index in [2.05, 4.69) is 21.2 Å². The van der Waals surface area contributed by atoms with Crippen molar-refractivity contribution < 1.29 is 19.5 Å². The molecule has 98 valence electrons. The first kappa shape index (κ1) is 13.6. The normalized spacial score (nSPS) is 9.89. The molecule has 2 amide bonds. The van der Waals surface area contributed by atoms with Gasteiger partial charge in [0.05, 0.1) is 5.69 Å². The van der Waals surface area contributed by atoms with Gasteiger partial charge in [-0.1, -0.05) is 12.1 Å². The highest BCUT2D eigenvalue weighted by molar-refractivity contribution is 5.86. The number of nitrogens with one attached hydrogen (secondary N) is 2. The monoisotopic (exact) mass is 255 g/mol. The Morgan fingerprint density at radius 2 is 2.00 bits per heavy atom. The number of hydrogen-bond acceptors (Lipinski definition) is 5. The molecule has 0 saturated carbocycles. The zero-order valence-electron chi connectivity index (χ0n) is 9.93. The van der Waals surface area contributed by atoms with Crippen LogP contribution in [0.5, 0.6) is 0 Å². The van der Waals surface area contributed by atoms with Gasteiger partial charge in [0.25, 0.3) is 5.91 Å². The second kappa shape index (κ2) is 5.75. The molecule has 18 heavy (non-hydrogen) atoms. The Morgan fingerprint density at radius 3 is 2.50 bits per heavy atom. The Balaban J connectivity index is 2.75. The van der Waals surface area contributed by atoms with Gasteiger partial charge in [0.1, 0.15) is 6.54 Å². The molecule has 3 N–H and O–H groups in total. The summed E-state index contributed by atoms with van der Waals surface area (Å²) in [4.78, 5) is 32.8. The molecule has 1 rings (SSSR count). The van der Waals surface area contributed by atoms with E-state index in [4.69, 9.17) is 5.11 Å². The van der Waals surface area contributed by atoms with E-state index in [-0.39, 0.29) is 12.2 Å². The summed E-state index contributed by atoms with van der Waals surface area (Å²) in [7, 11) is 0. The Bertz CT molecular complexity index is 481. The zero-order chi connectivity index (χ0) is 13.7. The van der Waals surface area contributed by atoms with Gasteiger partial charge < -0.3 is 5.11 Å². The maximum atomic E-state index is 11.4. The molecule has 0 aliphatic carbocycles. The first-order chi connectivity index (χ1) is 8.45. The Kier molecular flexibility index (Phi) is 4.35. The first-order valence-electron chi connectivity index (χ1n) is 5.16. The van der Waals surface area contributed by atoms with E-state index in [1.807, 2.05) is 0 Å². The van der Waals surface area contributed by atoms with Gasteiger partial charge in [-0.05, 0) is 6.42 Å². The van der Waals surface area contributed by atoms with Gasteiger partial charge in [0.15, 0.2) is 5.69 Å². The largest absolute Gasteiger partial charge is 0.476 e. The second-order valence-corrected chi connectivity index (χ2v) is 3.43. The third-order valence-corrected chi connectivity index (χ3v) is 2.05. The average molecular weight is 255 g/mol. The van der Waals surface area contributed by atoms with Crippen LogP contribution in [0, 0.1) is 0 Å². The van der Waals surface area contributed by atoms with Gasteiger partial charge in [-0.2, -0.15) is 0 Å². The summed E-state index contributed by atoms with van der Waals surface area (Å²) in [5.41, 5.74) is 4.43. The molecule has 0 bridgehead atoms. The third-order valence-electron chi connectivity index (χ3n) is 2.05. The van der Waals surface area contributed by atoms with Gasteiger partial charge in [-0.25, -0.2) is 9.48 Å². The van der Waals surface area contributed by atoms with E-state index in [1.165, 1.54) is 11.6 Å². The molecule has 9 heteroatoms. The number of carboxylic acids is 1. The van der Waals surface area contributed by atoms with E-state index >= 15 is 0 Å².